The minimum atomic E-state index is -0.683. The molecule has 1 saturated carbocycles. The van der Waals surface area contributed by atoms with Gasteiger partial charge in [0.05, 0.1) is 0 Å². The molecule has 1 unspecified atom stereocenters. The number of rotatable bonds is 5. The molecular formula is C15H23NO2. The van der Waals surface area contributed by atoms with E-state index in [9.17, 15) is 5.11 Å². The lowest BCUT2D eigenvalue weighted by Gasteiger charge is -2.24. The first kappa shape index (κ1) is 13.4. The first-order valence-electron chi connectivity index (χ1n) is 6.91. The van der Waals surface area contributed by atoms with Gasteiger partial charge in [0.15, 0.2) is 6.29 Å². The molecule has 0 aromatic heterocycles. The van der Waals surface area contributed by atoms with Crippen molar-refractivity contribution in [3.8, 4) is 5.75 Å². The molecule has 3 nitrogen and oxygen atoms in total. The summed E-state index contributed by atoms with van der Waals surface area (Å²) in [4.78, 5) is 0. The highest BCUT2D eigenvalue weighted by Gasteiger charge is 2.18. The number of aliphatic hydroxyl groups is 1. The first-order chi connectivity index (χ1) is 8.78. The third-order valence-electron chi connectivity index (χ3n) is 3.69. The van der Waals surface area contributed by atoms with Crippen LogP contribution in [-0.2, 0) is 6.54 Å². The molecule has 2 rings (SSSR count). The summed E-state index contributed by atoms with van der Waals surface area (Å²) in [6, 6.07) is 7.60. The average molecular weight is 249 g/mol. The Kier molecular flexibility index (Phi) is 5.02. The van der Waals surface area contributed by atoms with Gasteiger partial charge in [0.1, 0.15) is 5.75 Å². The molecule has 1 fully saturated rings. The highest BCUT2D eigenvalue weighted by Crippen LogP contribution is 2.28. The van der Waals surface area contributed by atoms with Gasteiger partial charge in [-0.15, -0.1) is 0 Å². The third-order valence-corrected chi connectivity index (χ3v) is 3.69. The molecule has 1 aliphatic rings. The molecular weight excluding hydrogens is 226 g/mol. The Morgan fingerprint density at radius 1 is 1.17 bits per heavy atom. The summed E-state index contributed by atoms with van der Waals surface area (Å²) >= 11 is 0. The van der Waals surface area contributed by atoms with Crippen molar-refractivity contribution in [2.24, 2.45) is 11.7 Å². The van der Waals surface area contributed by atoms with E-state index < -0.39 is 6.29 Å². The first-order valence-corrected chi connectivity index (χ1v) is 6.91. The van der Waals surface area contributed by atoms with Crippen molar-refractivity contribution in [2.75, 3.05) is 0 Å². The second-order valence-corrected chi connectivity index (χ2v) is 5.16. The van der Waals surface area contributed by atoms with Crippen LogP contribution in [0.3, 0.4) is 0 Å². The minimum absolute atomic E-state index is 0.533. The van der Waals surface area contributed by atoms with E-state index in [-0.39, 0.29) is 0 Å². The Morgan fingerprint density at radius 3 is 2.44 bits per heavy atom. The molecule has 0 amide bonds. The zero-order valence-corrected chi connectivity index (χ0v) is 10.8. The molecule has 1 aromatic rings. The van der Waals surface area contributed by atoms with Gasteiger partial charge >= 0.3 is 0 Å². The Morgan fingerprint density at radius 2 is 1.83 bits per heavy atom. The van der Waals surface area contributed by atoms with Gasteiger partial charge in [-0.05, 0) is 23.6 Å². The van der Waals surface area contributed by atoms with Gasteiger partial charge < -0.3 is 15.6 Å². The molecule has 1 aromatic carbocycles. The van der Waals surface area contributed by atoms with Crippen LogP contribution in [-0.4, -0.2) is 11.4 Å². The van der Waals surface area contributed by atoms with Gasteiger partial charge in [0.25, 0.3) is 0 Å². The minimum Gasteiger partial charge on any atom is -0.465 e. The van der Waals surface area contributed by atoms with Gasteiger partial charge in [-0.2, -0.15) is 0 Å². The smallest absolute Gasteiger partial charge is 0.197 e. The Hall–Kier alpha value is -1.06. The summed E-state index contributed by atoms with van der Waals surface area (Å²) in [7, 11) is 0. The summed E-state index contributed by atoms with van der Waals surface area (Å²) in [5.41, 5.74) is 6.61. The van der Waals surface area contributed by atoms with Gasteiger partial charge in [-0.3, -0.25) is 0 Å². The highest BCUT2D eigenvalue weighted by molar-refractivity contribution is 5.27. The van der Waals surface area contributed by atoms with Crippen LogP contribution in [0.2, 0.25) is 0 Å². The van der Waals surface area contributed by atoms with Crippen molar-refractivity contribution in [3.63, 3.8) is 0 Å². The lowest BCUT2D eigenvalue weighted by atomic mass is 9.87. The molecule has 3 heteroatoms. The van der Waals surface area contributed by atoms with Crippen LogP contribution < -0.4 is 10.5 Å². The molecule has 1 aliphatic carbocycles. The normalized spacial score (nSPS) is 18.6. The molecule has 1 atom stereocenters. The number of ether oxygens (including phenoxy) is 1. The predicted octanol–water partition coefficient (Wildman–Crippen LogP) is 2.81. The van der Waals surface area contributed by atoms with E-state index in [1.54, 1.807) is 0 Å². The second kappa shape index (κ2) is 6.76. The molecule has 0 radical (unpaired) electrons. The fourth-order valence-corrected chi connectivity index (χ4v) is 2.62. The maximum absolute atomic E-state index is 9.93. The molecule has 3 N–H and O–H groups in total. The topological polar surface area (TPSA) is 55.5 Å². The van der Waals surface area contributed by atoms with Crippen molar-refractivity contribution < 1.29 is 9.84 Å². The largest absolute Gasteiger partial charge is 0.465 e. The summed E-state index contributed by atoms with van der Waals surface area (Å²) in [5.74, 6) is 1.34. The van der Waals surface area contributed by atoms with Crippen LogP contribution in [0.25, 0.3) is 0 Å². The van der Waals surface area contributed by atoms with E-state index in [1.165, 1.54) is 32.1 Å². The number of benzene rings is 1. The fraction of sp³-hybridized carbons (Fsp3) is 0.600. The molecule has 0 heterocycles. The van der Waals surface area contributed by atoms with Crippen LogP contribution >= 0.6 is 0 Å². The van der Waals surface area contributed by atoms with Gasteiger partial charge in [-0.1, -0.05) is 44.2 Å². The molecule has 0 bridgehead atoms. The van der Waals surface area contributed by atoms with Crippen LogP contribution in [0, 0.1) is 5.92 Å². The van der Waals surface area contributed by atoms with Crippen molar-refractivity contribution in [1.29, 1.82) is 0 Å². The van der Waals surface area contributed by atoms with Crippen LogP contribution in [0.5, 0.6) is 5.75 Å². The highest BCUT2D eigenvalue weighted by atomic mass is 16.6. The molecule has 0 aliphatic heterocycles. The zero-order valence-electron chi connectivity index (χ0n) is 10.8. The van der Waals surface area contributed by atoms with Crippen molar-refractivity contribution in [1.82, 2.24) is 0 Å². The second-order valence-electron chi connectivity index (χ2n) is 5.16. The van der Waals surface area contributed by atoms with Gasteiger partial charge in [0.2, 0.25) is 0 Å². The summed E-state index contributed by atoms with van der Waals surface area (Å²) in [5, 5.41) is 9.93. The van der Waals surface area contributed by atoms with Gasteiger partial charge in [-0.25, -0.2) is 0 Å². The number of hydrogen-bond acceptors (Lipinski definition) is 3. The maximum atomic E-state index is 9.93. The number of aliphatic hydroxyl groups excluding tert-OH is 1. The zero-order chi connectivity index (χ0) is 12.8. The summed E-state index contributed by atoms with van der Waals surface area (Å²) < 4.78 is 5.53. The molecule has 0 spiro atoms. The predicted molar refractivity (Wildman–Crippen MR) is 72.2 cm³/mol. The molecule has 0 saturated heterocycles. The SMILES string of the molecule is NCc1ccc(OC(O)CC2CCCCC2)cc1. The van der Waals surface area contributed by atoms with E-state index >= 15 is 0 Å². The molecule has 18 heavy (non-hydrogen) atoms. The number of nitrogens with two attached hydrogens (primary N) is 1. The number of hydrogen-bond donors (Lipinski definition) is 2. The van der Waals surface area contributed by atoms with E-state index in [1.807, 2.05) is 24.3 Å². The lowest BCUT2D eigenvalue weighted by molar-refractivity contribution is -0.0377. The summed E-state index contributed by atoms with van der Waals surface area (Å²) in [6.07, 6.45) is 6.45. The Balaban J connectivity index is 1.80. The van der Waals surface area contributed by atoms with E-state index in [0.29, 0.717) is 12.5 Å². The van der Waals surface area contributed by atoms with Crippen molar-refractivity contribution in [2.45, 2.75) is 51.4 Å². The Bertz CT molecular complexity index is 344. The summed E-state index contributed by atoms with van der Waals surface area (Å²) in [6.45, 7) is 0.533. The third kappa shape index (κ3) is 4.00. The van der Waals surface area contributed by atoms with E-state index in [0.717, 1.165) is 17.7 Å². The van der Waals surface area contributed by atoms with Crippen LogP contribution in [0.4, 0.5) is 0 Å². The van der Waals surface area contributed by atoms with Crippen LogP contribution in [0.15, 0.2) is 24.3 Å². The maximum Gasteiger partial charge on any atom is 0.197 e. The standard InChI is InChI=1S/C15H23NO2/c16-11-13-6-8-14(9-7-13)18-15(17)10-12-4-2-1-3-5-12/h6-9,12,15,17H,1-5,10-11,16H2. The van der Waals surface area contributed by atoms with E-state index in [4.69, 9.17) is 10.5 Å². The fourth-order valence-electron chi connectivity index (χ4n) is 2.62. The van der Waals surface area contributed by atoms with Crippen LogP contribution in [0.1, 0.15) is 44.1 Å². The average Bonchev–Trinajstić information content (AvgIpc) is 2.40. The quantitative estimate of drug-likeness (QED) is 0.789. The Labute approximate surface area is 109 Å². The lowest BCUT2D eigenvalue weighted by Crippen LogP contribution is -2.21. The molecule has 100 valence electrons. The van der Waals surface area contributed by atoms with Crippen molar-refractivity contribution in [3.05, 3.63) is 29.8 Å². The van der Waals surface area contributed by atoms with Gasteiger partial charge in [0, 0.05) is 13.0 Å². The van der Waals surface area contributed by atoms with E-state index in [2.05, 4.69) is 0 Å². The monoisotopic (exact) mass is 249 g/mol. The van der Waals surface area contributed by atoms with Crippen molar-refractivity contribution >= 4 is 0 Å².